The Morgan fingerprint density at radius 3 is 2.36 bits per heavy atom. The summed E-state index contributed by atoms with van der Waals surface area (Å²) in [6.07, 6.45) is 0.146. The van der Waals surface area contributed by atoms with Crippen LogP contribution in [0.3, 0.4) is 0 Å². The Bertz CT molecular complexity index is 834. The number of nitrogens with one attached hydrogen (secondary N) is 1. The Morgan fingerprint density at radius 2 is 1.79 bits per heavy atom. The Kier molecular flexibility index (Phi) is 5.58. The van der Waals surface area contributed by atoms with Gasteiger partial charge < -0.3 is 19.6 Å². The number of aromatic amines is 1. The van der Waals surface area contributed by atoms with Crippen LogP contribution in [0.15, 0.2) is 30.3 Å². The summed E-state index contributed by atoms with van der Waals surface area (Å²) in [7, 11) is 0. The maximum absolute atomic E-state index is 12.2. The second-order valence-electron chi connectivity index (χ2n) is 7.82. The average Bonchev–Trinajstić information content (AvgIpc) is 3.05. The molecular formula is C20H26N4O4. The van der Waals surface area contributed by atoms with Gasteiger partial charge in [-0.15, -0.1) is 0 Å². The predicted octanol–water partition coefficient (Wildman–Crippen LogP) is 2.76. The lowest BCUT2D eigenvalue weighted by Crippen LogP contribution is -2.50. The normalized spacial score (nSPS) is 14.8. The average molecular weight is 386 g/mol. The van der Waals surface area contributed by atoms with E-state index < -0.39 is 11.6 Å². The molecule has 0 bridgehead atoms. The summed E-state index contributed by atoms with van der Waals surface area (Å²) in [6.45, 7) is 7.67. The summed E-state index contributed by atoms with van der Waals surface area (Å²) in [6, 6.07) is 9.70. The van der Waals surface area contributed by atoms with E-state index >= 15 is 0 Å². The number of hydrogen-bond acceptors (Lipinski definition) is 5. The fourth-order valence-corrected chi connectivity index (χ4v) is 3.20. The first-order valence-electron chi connectivity index (χ1n) is 9.32. The third-order valence-electron chi connectivity index (χ3n) is 4.52. The standard InChI is InChI=1S/C20H26N4O4/c1-20(2,3)28-19(27)24-11-9-23(10-12-24)17-15(16(18(25)26)21-22-17)13-14-7-5-4-6-8-14/h4-8H,9-13H2,1-3H3,(H,21,22)(H,25,26). The van der Waals surface area contributed by atoms with Crippen LogP contribution in [0.4, 0.5) is 10.6 Å². The summed E-state index contributed by atoms with van der Waals surface area (Å²) in [5, 5.41) is 16.4. The topological polar surface area (TPSA) is 98.8 Å². The number of hydrogen-bond donors (Lipinski definition) is 2. The van der Waals surface area contributed by atoms with E-state index in [4.69, 9.17) is 4.74 Å². The number of ether oxygens (including phenoxy) is 1. The number of amides is 1. The number of carbonyl (C=O) groups excluding carboxylic acids is 1. The first-order valence-corrected chi connectivity index (χ1v) is 9.32. The van der Waals surface area contributed by atoms with Gasteiger partial charge in [0.15, 0.2) is 5.69 Å². The number of anilines is 1. The summed E-state index contributed by atoms with van der Waals surface area (Å²) in [5.41, 5.74) is 1.18. The van der Waals surface area contributed by atoms with Crippen molar-refractivity contribution >= 4 is 17.9 Å². The Hall–Kier alpha value is -3.03. The fraction of sp³-hybridized carbons (Fsp3) is 0.450. The Balaban J connectivity index is 1.74. The molecule has 1 aromatic carbocycles. The molecule has 1 fully saturated rings. The number of rotatable bonds is 4. The van der Waals surface area contributed by atoms with Crippen LogP contribution in [0, 0.1) is 0 Å². The second-order valence-corrected chi connectivity index (χ2v) is 7.82. The van der Waals surface area contributed by atoms with Crippen molar-refractivity contribution in [3.8, 4) is 0 Å². The van der Waals surface area contributed by atoms with E-state index in [1.54, 1.807) is 4.90 Å². The van der Waals surface area contributed by atoms with Gasteiger partial charge in [-0.05, 0) is 26.3 Å². The summed E-state index contributed by atoms with van der Waals surface area (Å²) < 4.78 is 5.43. The minimum Gasteiger partial charge on any atom is -0.476 e. The molecule has 0 unspecified atom stereocenters. The van der Waals surface area contributed by atoms with Crippen LogP contribution >= 0.6 is 0 Å². The molecule has 0 aliphatic carbocycles. The molecule has 150 valence electrons. The number of nitrogens with zero attached hydrogens (tertiary/aromatic N) is 3. The number of carboxylic acids is 1. The van der Waals surface area contributed by atoms with Crippen LogP contribution in [0.25, 0.3) is 0 Å². The molecule has 28 heavy (non-hydrogen) atoms. The van der Waals surface area contributed by atoms with Gasteiger partial charge >= 0.3 is 12.1 Å². The van der Waals surface area contributed by atoms with Gasteiger partial charge in [-0.3, -0.25) is 5.10 Å². The van der Waals surface area contributed by atoms with Crippen molar-refractivity contribution in [1.82, 2.24) is 15.1 Å². The number of carboxylic acid groups (broad SMARTS) is 1. The maximum Gasteiger partial charge on any atom is 0.410 e. The van der Waals surface area contributed by atoms with Gasteiger partial charge in [-0.1, -0.05) is 30.3 Å². The molecule has 1 amide bonds. The van der Waals surface area contributed by atoms with Gasteiger partial charge in [-0.2, -0.15) is 5.10 Å². The highest BCUT2D eigenvalue weighted by Gasteiger charge is 2.29. The Morgan fingerprint density at radius 1 is 1.14 bits per heavy atom. The van der Waals surface area contributed by atoms with E-state index in [0.717, 1.165) is 5.56 Å². The third-order valence-corrected chi connectivity index (χ3v) is 4.52. The lowest BCUT2D eigenvalue weighted by atomic mass is 10.0. The van der Waals surface area contributed by atoms with Crippen LogP contribution < -0.4 is 4.90 Å². The largest absolute Gasteiger partial charge is 0.476 e. The first-order chi connectivity index (χ1) is 13.2. The molecule has 0 spiro atoms. The molecule has 8 heteroatoms. The van der Waals surface area contributed by atoms with Crippen molar-refractivity contribution in [1.29, 1.82) is 0 Å². The van der Waals surface area contributed by atoms with Gasteiger partial charge in [0.05, 0.1) is 0 Å². The number of carbonyl (C=O) groups is 2. The van der Waals surface area contributed by atoms with E-state index in [9.17, 15) is 14.7 Å². The van der Waals surface area contributed by atoms with Crippen LogP contribution in [0.1, 0.15) is 42.4 Å². The van der Waals surface area contributed by atoms with E-state index in [1.165, 1.54) is 0 Å². The third kappa shape index (κ3) is 4.62. The predicted molar refractivity (Wildman–Crippen MR) is 105 cm³/mol. The van der Waals surface area contributed by atoms with Crippen LogP contribution in [0.5, 0.6) is 0 Å². The lowest BCUT2D eigenvalue weighted by molar-refractivity contribution is 0.0240. The highest BCUT2D eigenvalue weighted by atomic mass is 16.6. The highest BCUT2D eigenvalue weighted by Crippen LogP contribution is 2.26. The quantitative estimate of drug-likeness (QED) is 0.838. The highest BCUT2D eigenvalue weighted by molar-refractivity contribution is 5.89. The number of piperazine rings is 1. The van der Waals surface area contributed by atoms with E-state index in [-0.39, 0.29) is 11.8 Å². The van der Waals surface area contributed by atoms with Gasteiger partial charge in [0.1, 0.15) is 11.4 Å². The molecule has 2 N–H and O–H groups in total. The first kappa shape index (κ1) is 19.7. The van der Waals surface area contributed by atoms with Gasteiger partial charge in [-0.25, -0.2) is 9.59 Å². The number of H-pyrrole nitrogens is 1. The van der Waals surface area contributed by atoms with E-state index in [0.29, 0.717) is 44.0 Å². The van der Waals surface area contributed by atoms with Crippen molar-refractivity contribution in [2.24, 2.45) is 0 Å². The van der Waals surface area contributed by atoms with Gasteiger partial charge in [0.25, 0.3) is 0 Å². The van der Waals surface area contributed by atoms with Gasteiger partial charge in [0, 0.05) is 38.2 Å². The molecule has 0 atom stereocenters. The van der Waals surface area contributed by atoms with Crippen molar-refractivity contribution in [3.63, 3.8) is 0 Å². The Labute approximate surface area is 164 Å². The number of benzene rings is 1. The summed E-state index contributed by atoms with van der Waals surface area (Å²) >= 11 is 0. The second kappa shape index (κ2) is 7.92. The molecular weight excluding hydrogens is 360 g/mol. The molecule has 2 heterocycles. The van der Waals surface area contributed by atoms with E-state index in [1.807, 2.05) is 56.0 Å². The molecule has 8 nitrogen and oxygen atoms in total. The summed E-state index contributed by atoms with van der Waals surface area (Å²) in [4.78, 5) is 27.6. The minimum atomic E-state index is -1.05. The summed E-state index contributed by atoms with van der Waals surface area (Å²) in [5.74, 6) is -0.356. The van der Waals surface area contributed by atoms with Crippen LogP contribution in [-0.4, -0.2) is 64.0 Å². The molecule has 3 rings (SSSR count). The molecule has 1 saturated heterocycles. The molecule has 0 saturated carbocycles. The molecule has 1 aliphatic rings. The smallest absolute Gasteiger partial charge is 0.410 e. The zero-order chi connectivity index (χ0) is 20.3. The fourth-order valence-electron chi connectivity index (χ4n) is 3.20. The molecule has 2 aromatic rings. The van der Waals surface area contributed by atoms with Crippen molar-refractivity contribution in [2.45, 2.75) is 32.8 Å². The van der Waals surface area contributed by atoms with Crippen molar-refractivity contribution < 1.29 is 19.4 Å². The number of aromatic nitrogens is 2. The minimum absolute atomic E-state index is 0.0356. The maximum atomic E-state index is 12.2. The molecule has 0 radical (unpaired) electrons. The zero-order valence-corrected chi connectivity index (χ0v) is 16.4. The van der Waals surface area contributed by atoms with Crippen molar-refractivity contribution in [3.05, 3.63) is 47.2 Å². The monoisotopic (exact) mass is 386 g/mol. The van der Waals surface area contributed by atoms with Crippen LogP contribution in [-0.2, 0) is 11.2 Å². The molecule has 1 aromatic heterocycles. The SMILES string of the molecule is CC(C)(C)OC(=O)N1CCN(c2[nH]nc(C(=O)O)c2Cc2ccccc2)CC1. The molecule has 1 aliphatic heterocycles. The number of aromatic carboxylic acids is 1. The van der Waals surface area contributed by atoms with Crippen molar-refractivity contribution in [2.75, 3.05) is 31.1 Å². The lowest BCUT2D eigenvalue weighted by Gasteiger charge is -2.36. The zero-order valence-electron chi connectivity index (χ0n) is 16.4. The van der Waals surface area contributed by atoms with Gasteiger partial charge in [0.2, 0.25) is 0 Å². The van der Waals surface area contributed by atoms with E-state index in [2.05, 4.69) is 10.2 Å². The van der Waals surface area contributed by atoms with Crippen LogP contribution in [0.2, 0.25) is 0 Å².